The minimum Gasteiger partial charge on any atom is -0.426 e. The van der Waals surface area contributed by atoms with Crippen molar-refractivity contribution in [2.75, 3.05) is 0 Å². The molecule has 1 unspecified atom stereocenters. The van der Waals surface area contributed by atoms with Crippen molar-refractivity contribution in [1.29, 1.82) is 0 Å². The van der Waals surface area contributed by atoms with Gasteiger partial charge in [0.1, 0.15) is 5.75 Å². The van der Waals surface area contributed by atoms with Crippen LogP contribution in [0.2, 0.25) is 0 Å². The van der Waals surface area contributed by atoms with Crippen LogP contribution in [0.15, 0.2) is 89.9 Å². The molecule has 1 atom stereocenters. The molecule has 33 heavy (non-hydrogen) atoms. The molecular weight excluding hydrogens is 549 g/mol. The highest BCUT2D eigenvalue weighted by Gasteiger charge is 2.16. The summed E-state index contributed by atoms with van der Waals surface area (Å²) < 4.78 is 30.1. The number of halogens is 1. The maximum atomic E-state index is 11.6. The van der Waals surface area contributed by atoms with Crippen LogP contribution in [0.1, 0.15) is 23.5 Å². The number of H-pyrrole nitrogens is 1. The number of ether oxygens (including phenoxy) is 1. The highest BCUT2D eigenvalue weighted by atomic mass is 127. The topological polar surface area (TPSA) is 98.1 Å². The van der Waals surface area contributed by atoms with Crippen molar-refractivity contribution in [3.8, 4) is 11.8 Å². The van der Waals surface area contributed by atoms with Crippen LogP contribution in [0.4, 0.5) is 0 Å². The second kappa shape index (κ2) is 8.77. The normalized spacial score (nSPS) is 16.1. The van der Waals surface area contributed by atoms with Crippen molar-refractivity contribution in [2.45, 2.75) is 17.2 Å². The highest BCUT2D eigenvalue weighted by molar-refractivity contribution is 14.1. The number of sulfonamides is 1. The smallest absolute Gasteiger partial charge is 0.300 e. The minimum atomic E-state index is -3.81. The highest BCUT2D eigenvalue weighted by Crippen LogP contribution is 2.34. The lowest BCUT2D eigenvalue weighted by Gasteiger charge is -2.17. The first-order chi connectivity index (χ1) is 15.9. The van der Waals surface area contributed by atoms with Crippen LogP contribution in [-0.4, -0.2) is 18.4 Å². The third-order valence-corrected chi connectivity index (χ3v) is 7.34. The predicted molar refractivity (Wildman–Crippen MR) is 138 cm³/mol. The molecule has 6 nitrogen and oxygen atoms in total. The van der Waals surface area contributed by atoms with Crippen molar-refractivity contribution >= 4 is 49.2 Å². The quantitative estimate of drug-likeness (QED) is 0.300. The van der Waals surface area contributed by atoms with E-state index >= 15 is 0 Å². The van der Waals surface area contributed by atoms with Crippen molar-refractivity contribution in [3.05, 3.63) is 99.7 Å². The number of nitrogens with one attached hydrogen (secondary N) is 1. The molecule has 0 fully saturated rings. The number of imidazole rings is 1. The summed E-state index contributed by atoms with van der Waals surface area (Å²) in [6.45, 7) is 0. The van der Waals surface area contributed by atoms with Crippen molar-refractivity contribution in [2.24, 2.45) is 5.14 Å². The van der Waals surface area contributed by atoms with Crippen molar-refractivity contribution < 1.29 is 13.2 Å². The Morgan fingerprint density at radius 3 is 2.61 bits per heavy atom. The lowest BCUT2D eigenvalue weighted by Crippen LogP contribution is -2.11. The van der Waals surface area contributed by atoms with Crippen LogP contribution in [0, 0.1) is 3.57 Å². The molecule has 0 spiro atoms. The van der Waals surface area contributed by atoms with E-state index in [0.29, 0.717) is 11.7 Å². The summed E-state index contributed by atoms with van der Waals surface area (Å²) in [7, 11) is -3.81. The average molecular weight is 569 g/mol. The second-order valence-corrected chi connectivity index (χ2v) is 10.5. The molecule has 0 saturated heterocycles. The predicted octanol–water partition coefficient (Wildman–Crippen LogP) is 5.73. The van der Waals surface area contributed by atoms with E-state index in [-0.39, 0.29) is 10.9 Å². The fourth-order valence-corrected chi connectivity index (χ4v) is 5.20. The number of nitrogens with two attached hydrogens (primary N) is 1. The zero-order chi connectivity index (χ0) is 23.0. The zero-order valence-corrected chi connectivity index (χ0v) is 20.4. The first kappa shape index (κ1) is 21.9. The molecule has 4 aromatic rings. The van der Waals surface area contributed by atoms with Crippen LogP contribution in [-0.2, 0) is 10.0 Å². The van der Waals surface area contributed by atoms with Crippen molar-refractivity contribution in [3.63, 3.8) is 0 Å². The van der Waals surface area contributed by atoms with E-state index in [4.69, 9.17) is 9.88 Å². The molecule has 3 N–H and O–H groups in total. The first-order valence-electron chi connectivity index (χ1n) is 10.3. The number of aromatic amines is 1. The number of fused-ring (bicyclic) bond motifs is 1. The minimum absolute atomic E-state index is 0.0159. The van der Waals surface area contributed by atoms with Gasteiger partial charge in [-0.3, -0.25) is 0 Å². The Hall–Kier alpha value is -2.95. The summed E-state index contributed by atoms with van der Waals surface area (Å²) in [5.41, 5.74) is 5.19. The van der Waals surface area contributed by atoms with Crippen LogP contribution < -0.4 is 9.88 Å². The molecular formula is C25H20IN3O3S. The fourth-order valence-electron chi connectivity index (χ4n) is 3.87. The number of nitrogens with zero attached hydrogens (tertiary/aromatic N) is 1. The number of rotatable bonds is 5. The summed E-state index contributed by atoms with van der Waals surface area (Å²) in [5, 5.41) is 5.21. The Labute approximate surface area is 205 Å². The number of hydrogen-bond acceptors (Lipinski definition) is 4. The summed E-state index contributed by atoms with van der Waals surface area (Å²) in [6.07, 6.45) is 7.64. The van der Waals surface area contributed by atoms with Gasteiger partial charge in [-0.1, -0.05) is 54.6 Å². The van der Waals surface area contributed by atoms with Gasteiger partial charge >= 0.3 is 0 Å². The van der Waals surface area contributed by atoms with Crippen LogP contribution in [0.25, 0.3) is 16.6 Å². The Morgan fingerprint density at radius 1 is 1.06 bits per heavy atom. The molecule has 166 valence electrons. The molecule has 0 aliphatic heterocycles. The summed E-state index contributed by atoms with van der Waals surface area (Å²) >= 11 is 2.33. The number of primary sulfonamides is 1. The second-order valence-electron chi connectivity index (χ2n) is 7.78. The van der Waals surface area contributed by atoms with E-state index in [1.54, 1.807) is 12.1 Å². The average Bonchev–Trinajstić information content (AvgIpc) is 3.20. The van der Waals surface area contributed by atoms with E-state index in [9.17, 15) is 8.42 Å². The maximum Gasteiger partial charge on any atom is 0.300 e. The number of benzene rings is 3. The van der Waals surface area contributed by atoms with E-state index in [2.05, 4.69) is 75.1 Å². The standard InChI is InChI=1S/C25H20IN3O3S/c26-22-15-24-23(28-25(29-24)32-19-7-4-8-20(13-19)33(27,30)31)14-21(22)18-11-9-17(10-12-18)16-5-2-1-3-6-16/h1-9,11-15,17H,10H2,(H,28,29)(H2,27,30,31). The van der Waals surface area contributed by atoms with Gasteiger partial charge in [0.15, 0.2) is 0 Å². The molecule has 0 bridgehead atoms. The van der Waals surface area contributed by atoms with Gasteiger partial charge in [-0.15, -0.1) is 0 Å². The molecule has 0 radical (unpaired) electrons. The van der Waals surface area contributed by atoms with Crippen LogP contribution in [0.5, 0.6) is 11.8 Å². The van der Waals surface area contributed by atoms with Gasteiger partial charge in [0.25, 0.3) is 6.01 Å². The van der Waals surface area contributed by atoms with E-state index in [1.807, 2.05) is 18.2 Å². The first-order valence-corrected chi connectivity index (χ1v) is 12.9. The van der Waals surface area contributed by atoms with Crippen LogP contribution in [0.3, 0.4) is 0 Å². The summed E-state index contributed by atoms with van der Waals surface area (Å²) in [6, 6.07) is 20.9. The molecule has 1 aliphatic rings. The fraction of sp³-hybridized carbons (Fsp3) is 0.0800. The Balaban J connectivity index is 1.40. The Morgan fingerprint density at radius 2 is 1.88 bits per heavy atom. The number of hydrogen-bond donors (Lipinski definition) is 2. The monoisotopic (exact) mass is 569 g/mol. The molecule has 5 rings (SSSR count). The third kappa shape index (κ3) is 4.73. The number of aromatic nitrogens is 2. The molecule has 8 heteroatoms. The molecule has 3 aromatic carbocycles. The zero-order valence-electron chi connectivity index (χ0n) is 17.4. The molecule has 0 saturated carbocycles. The summed E-state index contributed by atoms with van der Waals surface area (Å²) in [4.78, 5) is 7.68. The van der Waals surface area contributed by atoms with Gasteiger partial charge in [0.05, 0.1) is 15.9 Å². The van der Waals surface area contributed by atoms with E-state index in [1.165, 1.54) is 23.3 Å². The number of allylic oxidation sites excluding steroid dienone is 4. The van der Waals surface area contributed by atoms with Gasteiger partial charge in [-0.25, -0.2) is 13.6 Å². The molecule has 1 aliphatic carbocycles. The Kier molecular flexibility index (Phi) is 5.81. The van der Waals surface area contributed by atoms with Crippen molar-refractivity contribution in [1.82, 2.24) is 9.97 Å². The summed E-state index contributed by atoms with van der Waals surface area (Å²) in [5.74, 6) is 0.718. The van der Waals surface area contributed by atoms with Crippen LogP contribution >= 0.6 is 22.6 Å². The Bertz CT molecular complexity index is 1510. The van der Waals surface area contributed by atoms with E-state index < -0.39 is 10.0 Å². The van der Waals surface area contributed by atoms with E-state index in [0.717, 1.165) is 26.6 Å². The largest absolute Gasteiger partial charge is 0.426 e. The lowest BCUT2D eigenvalue weighted by atomic mass is 9.88. The molecule has 0 amide bonds. The van der Waals surface area contributed by atoms with Gasteiger partial charge in [0.2, 0.25) is 10.0 Å². The molecule has 1 aromatic heterocycles. The van der Waals surface area contributed by atoms with Gasteiger partial charge in [-0.05, 0) is 70.0 Å². The molecule has 1 heterocycles. The van der Waals surface area contributed by atoms with Gasteiger partial charge < -0.3 is 9.72 Å². The maximum absolute atomic E-state index is 11.6. The lowest BCUT2D eigenvalue weighted by molar-refractivity contribution is 0.448. The third-order valence-electron chi connectivity index (χ3n) is 5.54. The SMILES string of the molecule is NS(=O)(=O)c1cccc(Oc2nc3cc(C4=CCC(c5ccccc5)C=C4)c(I)cc3[nH]2)c1. The van der Waals surface area contributed by atoms with Gasteiger partial charge in [-0.2, -0.15) is 4.98 Å². The van der Waals surface area contributed by atoms with Gasteiger partial charge in [0, 0.05) is 15.6 Å².